The van der Waals surface area contributed by atoms with E-state index >= 15 is 0 Å². The van der Waals surface area contributed by atoms with E-state index < -0.39 is 4.92 Å². The fraction of sp³-hybridized carbons (Fsp3) is 0. The van der Waals surface area contributed by atoms with Crippen molar-refractivity contribution in [2.45, 2.75) is 0 Å². The van der Waals surface area contributed by atoms with Gasteiger partial charge in [-0.25, -0.2) is 0 Å². The highest BCUT2D eigenvalue weighted by Crippen LogP contribution is 1.96. The van der Waals surface area contributed by atoms with Gasteiger partial charge in [0.15, 0.2) is 0 Å². The molecule has 0 radical (unpaired) electrons. The molecule has 0 aliphatic heterocycles. The number of hydrogen-bond donors (Lipinski definition) is 0. The summed E-state index contributed by atoms with van der Waals surface area (Å²) in [5.41, 5.74) is -0.0249. The minimum atomic E-state index is -0.500. The molecule has 0 spiro atoms. The van der Waals surface area contributed by atoms with E-state index in [4.69, 9.17) is 0 Å². The molecule has 0 aliphatic carbocycles. The van der Waals surface area contributed by atoms with Gasteiger partial charge in [-0.05, 0) is 0 Å². The van der Waals surface area contributed by atoms with Crippen molar-refractivity contribution in [1.82, 2.24) is 0 Å². The van der Waals surface area contributed by atoms with Crippen LogP contribution < -0.4 is 0 Å². The molecule has 11 heavy (non-hydrogen) atoms. The number of hydrogen-bond acceptors (Lipinski definition) is 2. The summed E-state index contributed by atoms with van der Waals surface area (Å²) >= 11 is 0. The molecule has 0 heterocycles. The standard InChI is InChI=1S/C8H9NO2/c1-3-5-6-7-8(4-2)9(10)11/h3-7H,1-2H2. The minimum Gasteiger partial charge on any atom is -0.258 e. The van der Waals surface area contributed by atoms with Crippen LogP contribution in [0.25, 0.3) is 0 Å². The third-order valence-electron chi connectivity index (χ3n) is 0.934. The van der Waals surface area contributed by atoms with E-state index in [1.807, 2.05) is 0 Å². The van der Waals surface area contributed by atoms with Crippen LogP contribution in [-0.4, -0.2) is 4.92 Å². The number of nitrogens with zero attached hydrogens (tertiary/aromatic N) is 1. The van der Waals surface area contributed by atoms with E-state index in [0.29, 0.717) is 0 Å². The van der Waals surface area contributed by atoms with Gasteiger partial charge in [0.25, 0.3) is 5.70 Å². The lowest BCUT2D eigenvalue weighted by molar-refractivity contribution is -0.418. The third kappa shape index (κ3) is 3.86. The van der Waals surface area contributed by atoms with Crippen LogP contribution in [-0.2, 0) is 0 Å². The zero-order valence-electron chi connectivity index (χ0n) is 6.06. The van der Waals surface area contributed by atoms with Crippen LogP contribution in [0.3, 0.4) is 0 Å². The highest BCUT2D eigenvalue weighted by atomic mass is 16.6. The van der Waals surface area contributed by atoms with Crippen LogP contribution in [0.15, 0.2) is 49.2 Å². The SMILES string of the molecule is C=CC=CC=C(C=C)[N+](=O)[O-]. The molecule has 0 aliphatic rings. The van der Waals surface area contributed by atoms with Crippen LogP contribution in [0, 0.1) is 10.1 Å². The molecule has 0 aromatic carbocycles. The van der Waals surface area contributed by atoms with Crippen LogP contribution in [0.5, 0.6) is 0 Å². The van der Waals surface area contributed by atoms with Crippen molar-refractivity contribution in [3.05, 3.63) is 59.3 Å². The highest BCUT2D eigenvalue weighted by molar-refractivity contribution is 5.17. The molecule has 0 amide bonds. The molecule has 0 aromatic rings. The summed E-state index contributed by atoms with van der Waals surface area (Å²) in [4.78, 5) is 9.63. The summed E-state index contributed by atoms with van der Waals surface area (Å²) in [5, 5.41) is 10.1. The highest BCUT2D eigenvalue weighted by Gasteiger charge is 2.00. The van der Waals surface area contributed by atoms with Crippen molar-refractivity contribution in [2.75, 3.05) is 0 Å². The Kier molecular flexibility index (Phi) is 4.40. The minimum absolute atomic E-state index is 0.0249. The number of rotatable bonds is 4. The second-order valence-electron chi connectivity index (χ2n) is 1.67. The third-order valence-corrected chi connectivity index (χ3v) is 0.934. The largest absolute Gasteiger partial charge is 0.268 e. The molecule has 0 aromatic heterocycles. The maximum Gasteiger partial charge on any atom is 0.268 e. The van der Waals surface area contributed by atoms with Gasteiger partial charge in [0.1, 0.15) is 0 Å². The van der Waals surface area contributed by atoms with E-state index in [0.717, 1.165) is 0 Å². The van der Waals surface area contributed by atoms with Gasteiger partial charge in [-0.3, -0.25) is 10.1 Å². The molecule has 0 saturated heterocycles. The van der Waals surface area contributed by atoms with Crippen LogP contribution in [0.2, 0.25) is 0 Å². The maximum atomic E-state index is 10.1. The summed E-state index contributed by atoms with van der Waals surface area (Å²) < 4.78 is 0. The molecule has 0 rings (SSSR count). The molecule has 0 bridgehead atoms. The second kappa shape index (κ2) is 5.17. The molecule has 0 unspecified atom stereocenters. The topological polar surface area (TPSA) is 43.1 Å². The lowest BCUT2D eigenvalue weighted by Crippen LogP contribution is -1.93. The van der Waals surface area contributed by atoms with E-state index in [9.17, 15) is 10.1 Å². The Morgan fingerprint density at radius 2 is 2.00 bits per heavy atom. The van der Waals surface area contributed by atoms with Gasteiger partial charge >= 0.3 is 0 Å². The first-order chi connectivity index (χ1) is 5.22. The monoisotopic (exact) mass is 151 g/mol. The van der Waals surface area contributed by atoms with Crippen LogP contribution >= 0.6 is 0 Å². The fourth-order valence-electron chi connectivity index (χ4n) is 0.436. The number of nitro groups is 1. The van der Waals surface area contributed by atoms with Crippen molar-refractivity contribution in [3.8, 4) is 0 Å². The van der Waals surface area contributed by atoms with Crippen LogP contribution in [0.1, 0.15) is 0 Å². The average molecular weight is 151 g/mol. The summed E-state index contributed by atoms with van der Waals surface area (Å²) in [6, 6.07) is 0. The van der Waals surface area contributed by atoms with E-state index in [1.54, 1.807) is 6.08 Å². The van der Waals surface area contributed by atoms with Crippen molar-refractivity contribution in [3.63, 3.8) is 0 Å². The van der Waals surface area contributed by atoms with E-state index in [-0.39, 0.29) is 5.70 Å². The fourth-order valence-corrected chi connectivity index (χ4v) is 0.436. The Morgan fingerprint density at radius 3 is 2.36 bits per heavy atom. The summed E-state index contributed by atoms with van der Waals surface area (Å²) in [6.07, 6.45) is 7.22. The lowest BCUT2D eigenvalue weighted by atomic mass is 10.3. The first-order valence-electron chi connectivity index (χ1n) is 2.98. The molecule has 3 nitrogen and oxygen atoms in total. The average Bonchev–Trinajstić information content (AvgIpc) is 1.97. The molecule has 0 fully saturated rings. The molecule has 3 heteroatoms. The molecule has 0 N–H and O–H groups in total. The Bertz CT molecular complexity index is 226. The van der Waals surface area contributed by atoms with Gasteiger partial charge in [-0.1, -0.05) is 31.4 Å². The van der Waals surface area contributed by atoms with E-state index in [1.165, 1.54) is 24.3 Å². The first-order valence-corrected chi connectivity index (χ1v) is 2.98. The van der Waals surface area contributed by atoms with Crippen molar-refractivity contribution < 1.29 is 4.92 Å². The molecule has 58 valence electrons. The first kappa shape index (κ1) is 9.36. The van der Waals surface area contributed by atoms with Gasteiger partial charge in [0.2, 0.25) is 0 Å². The smallest absolute Gasteiger partial charge is 0.258 e. The Balaban J connectivity index is 4.35. The normalized spacial score (nSPS) is 11.5. The lowest BCUT2D eigenvalue weighted by Gasteiger charge is -1.85. The van der Waals surface area contributed by atoms with Gasteiger partial charge in [-0.2, -0.15) is 0 Å². The second-order valence-corrected chi connectivity index (χ2v) is 1.67. The number of allylic oxidation sites excluding steroid dienone is 5. The molecule has 0 saturated carbocycles. The summed E-state index contributed by atoms with van der Waals surface area (Å²) in [5.74, 6) is 0. The van der Waals surface area contributed by atoms with Crippen molar-refractivity contribution in [2.24, 2.45) is 0 Å². The quantitative estimate of drug-likeness (QED) is 0.350. The van der Waals surface area contributed by atoms with Crippen molar-refractivity contribution >= 4 is 0 Å². The Labute approximate surface area is 65.2 Å². The zero-order valence-corrected chi connectivity index (χ0v) is 6.06. The molecular weight excluding hydrogens is 142 g/mol. The van der Waals surface area contributed by atoms with Gasteiger partial charge in [0, 0.05) is 12.2 Å². The van der Waals surface area contributed by atoms with Gasteiger partial charge in [0.05, 0.1) is 4.92 Å². The van der Waals surface area contributed by atoms with Crippen molar-refractivity contribution in [1.29, 1.82) is 0 Å². The molecular formula is C8H9NO2. The van der Waals surface area contributed by atoms with Gasteiger partial charge in [-0.15, -0.1) is 0 Å². The Morgan fingerprint density at radius 1 is 1.36 bits per heavy atom. The Hall–Kier alpha value is -1.64. The predicted octanol–water partition coefficient (Wildman–Crippen LogP) is 2.08. The molecule has 0 atom stereocenters. The summed E-state index contributed by atoms with van der Waals surface area (Å²) in [7, 11) is 0. The predicted molar refractivity (Wildman–Crippen MR) is 44.6 cm³/mol. The van der Waals surface area contributed by atoms with Crippen LogP contribution in [0.4, 0.5) is 0 Å². The zero-order chi connectivity index (χ0) is 8.69. The summed E-state index contributed by atoms with van der Waals surface area (Å²) in [6.45, 7) is 6.71. The van der Waals surface area contributed by atoms with Gasteiger partial charge < -0.3 is 0 Å². The maximum absolute atomic E-state index is 10.1. The van der Waals surface area contributed by atoms with E-state index in [2.05, 4.69) is 13.2 Å².